The summed E-state index contributed by atoms with van der Waals surface area (Å²) in [6, 6.07) is 0. The van der Waals surface area contributed by atoms with E-state index in [0.29, 0.717) is 31.1 Å². The molecule has 4 nitrogen and oxygen atoms in total. The van der Waals surface area contributed by atoms with Crippen molar-refractivity contribution in [3.8, 4) is 0 Å². The van der Waals surface area contributed by atoms with Crippen LogP contribution in [0.2, 0.25) is 0 Å². The largest absolute Gasteiger partial charge is 0.465 e. The summed E-state index contributed by atoms with van der Waals surface area (Å²) in [5.74, 6) is 0.911. The van der Waals surface area contributed by atoms with Crippen LogP contribution in [0, 0.1) is 34.5 Å². The lowest BCUT2D eigenvalue weighted by atomic mass is 9.47. The van der Waals surface area contributed by atoms with Gasteiger partial charge in [-0.1, -0.05) is 58.4 Å². The maximum atomic E-state index is 13.3. The van der Waals surface area contributed by atoms with Crippen LogP contribution in [0.5, 0.6) is 0 Å². The number of carbonyl (C=O) groups excluding carboxylic acids is 3. The van der Waals surface area contributed by atoms with Gasteiger partial charge in [0.25, 0.3) is 0 Å². The molecule has 0 aromatic heterocycles. The first kappa shape index (κ1) is 23.7. The van der Waals surface area contributed by atoms with Crippen LogP contribution in [0.1, 0.15) is 104 Å². The highest BCUT2D eigenvalue weighted by atomic mass is 16.5. The Bertz CT molecular complexity index is 782. The fraction of sp³-hybridized carbons (Fsp3) is 0.821. The molecule has 3 fully saturated rings. The molecule has 0 N–H and O–H groups in total. The Morgan fingerprint density at radius 1 is 0.969 bits per heavy atom. The number of ether oxygens (including phenoxy) is 1. The monoisotopic (exact) mass is 442 g/mol. The Balaban J connectivity index is 1.37. The first-order valence-electron chi connectivity index (χ1n) is 13.3. The number of allylic oxidation sites excluding steroid dienone is 2. The van der Waals surface area contributed by atoms with Gasteiger partial charge in [-0.05, 0) is 68.3 Å². The molecule has 4 rings (SSSR count). The molecular weight excluding hydrogens is 400 g/mol. The summed E-state index contributed by atoms with van der Waals surface area (Å²) in [7, 11) is 0. The molecule has 178 valence electrons. The van der Waals surface area contributed by atoms with Crippen molar-refractivity contribution in [1.82, 2.24) is 0 Å². The van der Waals surface area contributed by atoms with E-state index in [1.807, 2.05) is 6.08 Å². The van der Waals surface area contributed by atoms with E-state index in [2.05, 4.69) is 20.8 Å². The van der Waals surface area contributed by atoms with E-state index >= 15 is 0 Å². The highest BCUT2D eigenvalue weighted by molar-refractivity contribution is 5.97. The molecule has 0 aromatic carbocycles. The lowest BCUT2D eigenvalue weighted by molar-refractivity contribution is -0.151. The standard InChI is InChI=1S/C28H42O4/c1-4-5-6-7-8-9-16-32-26(31)19-12-14-27(2)20(17-19)18-23(29)25-21-10-11-24(30)28(21,3)15-13-22(25)27/h18-19,21-22,25H,4-17H2,1-3H3/t19?,21-,22-,25-,27-,28-/m0/s1. The Kier molecular flexibility index (Phi) is 6.98. The smallest absolute Gasteiger partial charge is 0.309 e. The lowest BCUT2D eigenvalue weighted by Gasteiger charge is -2.55. The zero-order chi connectivity index (χ0) is 22.9. The van der Waals surface area contributed by atoms with Crippen molar-refractivity contribution in [3.63, 3.8) is 0 Å². The van der Waals surface area contributed by atoms with E-state index in [0.717, 1.165) is 44.9 Å². The highest BCUT2D eigenvalue weighted by Gasteiger charge is 2.61. The predicted molar refractivity (Wildman–Crippen MR) is 125 cm³/mol. The summed E-state index contributed by atoms with van der Waals surface area (Å²) >= 11 is 0. The van der Waals surface area contributed by atoms with Crippen molar-refractivity contribution in [1.29, 1.82) is 0 Å². The number of hydrogen-bond donors (Lipinski definition) is 0. The minimum atomic E-state index is -0.296. The zero-order valence-electron chi connectivity index (χ0n) is 20.4. The Hall–Kier alpha value is -1.45. The first-order chi connectivity index (χ1) is 15.3. The van der Waals surface area contributed by atoms with E-state index in [-0.39, 0.29) is 40.3 Å². The van der Waals surface area contributed by atoms with Crippen LogP contribution >= 0.6 is 0 Å². The number of hydrogen-bond acceptors (Lipinski definition) is 4. The van der Waals surface area contributed by atoms with Gasteiger partial charge in [-0.15, -0.1) is 0 Å². The van der Waals surface area contributed by atoms with Gasteiger partial charge in [-0.3, -0.25) is 14.4 Å². The Morgan fingerprint density at radius 2 is 1.66 bits per heavy atom. The molecule has 4 heteroatoms. The molecule has 6 atom stereocenters. The fourth-order valence-electron chi connectivity index (χ4n) is 7.55. The summed E-state index contributed by atoms with van der Waals surface area (Å²) in [6.07, 6.45) is 14.8. The quantitative estimate of drug-likeness (QED) is 0.331. The summed E-state index contributed by atoms with van der Waals surface area (Å²) in [5, 5.41) is 0. The molecule has 0 heterocycles. The predicted octanol–water partition coefficient (Wildman–Crippen LogP) is 6.22. The van der Waals surface area contributed by atoms with Gasteiger partial charge in [0.05, 0.1) is 12.5 Å². The van der Waals surface area contributed by atoms with Crippen molar-refractivity contribution in [2.45, 2.75) is 104 Å². The van der Waals surface area contributed by atoms with Crippen LogP contribution in [0.3, 0.4) is 0 Å². The van der Waals surface area contributed by atoms with Crippen LogP contribution in [0.25, 0.3) is 0 Å². The van der Waals surface area contributed by atoms with E-state index in [1.54, 1.807) is 0 Å². The maximum absolute atomic E-state index is 13.3. The second-order valence-corrected chi connectivity index (χ2v) is 11.5. The van der Waals surface area contributed by atoms with Gasteiger partial charge < -0.3 is 4.74 Å². The SMILES string of the molecule is CCCCCCCCOC(=O)C1CC[C@@]2(C)C(=CC(=O)[C@@H]3[C@@H]2CC[C@]2(C)C(=O)CC[C@@H]32)C1. The normalized spacial score (nSPS) is 38.5. The number of fused-ring (bicyclic) bond motifs is 5. The third kappa shape index (κ3) is 4.12. The minimum Gasteiger partial charge on any atom is -0.465 e. The molecule has 0 radical (unpaired) electrons. The summed E-state index contributed by atoms with van der Waals surface area (Å²) < 4.78 is 5.63. The maximum Gasteiger partial charge on any atom is 0.309 e. The molecule has 32 heavy (non-hydrogen) atoms. The fourth-order valence-corrected chi connectivity index (χ4v) is 7.55. The van der Waals surface area contributed by atoms with Crippen LogP contribution in [-0.2, 0) is 19.1 Å². The number of Topliss-reactive ketones (excluding diaryl/α,β-unsaturated/α-hetero) is 1. The van der Waals surface area contributed by atoms with E-state index < -0.39 is 0 Å². The Morgan fingerprint density at radius 3 is 2.44 bits per heavy atom. The first-order valence-corrected chi connectivity index (χ1v) is 13.3. The van der Waals surface area contributed by atoms with Crippen LogP contribution in [0.15, 0.2) is 11.6 Å². The summed E-state index contributed by atoms with van der Waals surface area (Å²) in [6.45, 7) is 7.16. The molecule has 1 unspecified atom stereocenters. The van der Waals surface area contributed by atoms with Gasteiger partial charge in [-0.2, -0.15) is 0 Å². The van der Waals surface area contributed by atoms with Gasteiger partial charge in [0.2, 0.25) is 0 Å². The zero-order valence-corrected chi connectivity index (χ0v) is 20.4. The second kappa shape index (κ2) is 9.43. The molecule has 3 saturated carbocycles. The second-order valence-electron chi connectivity index (χ2n) is 11.5. The third-order valence-electron chi connectivity index (χ3n) is 9.73. The molecule has 0 bridgehead atoms. The van der Waals surface area contributed by atoms with Gasteiger partial charge in [-0.25, -0.2) is 0 Å². The molecule has 0 amide bonds. The van der Waals surface area contributed by atoms with E-state index in [4.69, 9.17) is 4.74 Å². The highest BCUT2D eigenvalue weighted by Crippen LogP contribution is 2.63. The molecule has 0 aromatic rings. The van der Waals surface area contributed by atoms with E-state index in [9.17, 15) is 14.4 Å². The molecular formula is C28H42O4. The van der Waals surface area contributed by atoms with Crippen molar-refractivity contribution < 1.29 is 19.1 Å². The van der Waals surface area contributed by atoms with E-state index in [1.165, 1.54) is 31.3 Å². The summed E-state index contributed by atoms with van der Waals surface area (Å²) in [4.78, 5) is 38.6. The topological polar surface area (TPSA) is 60.4 Å². The molecule has 4 aliphatic carbocycles. The van der Waals surface area contributed by atoms with Crippen molar-refractivity contribution in [2.75, 3.05) is 6.61 Å². The van der Waals surface area contributed by atoms with Crippen molar-refractivity contribution in [2.24, 2.45) is 34.5 Å². The van der Waals surface area contributed by atoms with Crippen LogP contribution in [0.4, 0.5) is 0 Å². The number of carbonyl (C=O) groups is 3. The number of esters is 1. The van der Waals surface area contributed by atoms with Gasteiger partial charge in [0.15, 0.2) is 5.78 Å². The molecule has 4 aliphatic rings. The minimum absolute atomic E-state index is 0.00911. The average Bonchev–Trinajstić information content (AvgIpc) is 3.08. The average molecular weight is 443 g/mol. The molecule has 0 spiro atoms. The molecule has 0 saturated heterocycles. The Labute approximate surface area is 193 Å². The van der Waals surface area contributed by atoms with Gasteiger partial charge in [0.1, 0.15) is 5.78 Å². The van der Waals surface area contributed by atoms with Crippen molar-refractivity contribution in [3.05, 3.63) is 11.6 Å². The number of ketones is 2. The van der Waals surface area contributed by atoms with Crippen LogP contribution < -0.4 is 0 Å². The lowest BCUT2D eigenvalue weighted by Crippen LogP contribution is -2.53. The number of unbranched alkanes of at least 4 members (excludes halogenated alkanes) is 5. The van der Waals surface area contributed by atoms with Crippen molar-refractivity contribution >= 4 is 17.5 Å². The summed E-state index contributed by atoms with van der Waals surface area (Å²) in [5.41, 5.74) is 0.863. The molecule has 0 aliphatic heterocycles. The van der Waals surface area contributed by atoms with Crippen LogP contribution in [-0.4, -0.2) is 24.1 Å². The van der Waals surface area contributed by atoms with Gasteiger partial charge >= 0.3 is 5.97 Å². The number of rotatable bonds is 8. The third-order valence-corrected chi connectivity index (χ3v) is 9.73. The van der Waals surface area contributed by atoms with Gasteiger partial charge in [0, 0.05) is 17.8 Å².